The van der Waals surface area contributed by atoms with Crippen molar-refractivity contribution in [1.29, 1.82) is 0 Å². The molecule has 1 atom stereocenters. The van der Waals surface area contributed by atoms with Crippen LogP contribution in [0.1, 0.15) is 41.7 Å². The highest BCUT2D eigenvalue weighted by Crippen LogP contribution is 2.19. The maximum Gasteiger partial charge on any atom is 0.490 e. The molecule has 3 N–H and O–H groups in total. The van der Waals surface area contributed by atoms with Gasteiger partial charge in [-0.2, -0.15) is 13.2 Å². The van der Waals surface area contributed by atoms with Gasteiger partial charge in [0.25, 0.3) is 5.91 Å². The minimum atomic E-state index is -5.08. The molecule has 1 unspecified atom stereocenters. The van der Waals surface area contributed by atoms with Crippen molar-refractivity contribution in [3.63, 3.8) is 0 Å². The van der Waals surface area contributed by atoms with Crippen molar-refractivity contribution in [1.82, 2.24) is 10.2 Å². The van der Waals surface area contributed by atoms with Crippen LogP contribution in [0.5, 0.6) is 0 Å². The number of rotatable bonds is 8. The summed E-state index contributed by atoms with van der Waals surface area (Å²) >= 11 is 0. The maximum atomic E-state index is 12.6. The third-order valence-electron chi connectivity index (χ3n) is 4.22. The van der Waals surface area contributed by atoms with Crippen LogP contribution in [0.15, 0.2) is 54.6 Å². The molecule has 0 heterocycles. The van der Waals surface area contributed by atoms with E-state index in [2.05, 4.69) is 17.6 Å². The van der Waals surface area contributed by atoms with Gasteiger partial charge in [-0.25, -0.2) is 4.79 Å². The third kappa shape index (κ3) is 10.6. The van der Waals surface area contributed by atoms with Crippen LogP contribution in [0.25, 0.3) is 0 Å². The van der Waals surface area contributed by atoms with Crippen LogP contribution in [0.3, 0.4) is 0 Å². The minimum absolute atomic E-state index is 0.00632. The van der Waals surface area contributed by atoms with Crippen molar-refractivity contribution >= 4 is 23.5 Å². The molecule has 10 heteroatoms. The van der Waals surface area contributed by atoms with E-state index in [1.165, 1.54) is 0 Å². The van der Waals surface area contributed by atoms with E-state index in [1.807, 2.05) is 44.4 Å². The van der Waals surface area contributed by atoms with E-state index in [0.717, 1.165) is 18.4 Å². The van der Waals surface area contributed by atoms with Gasteiger partial charge in [-0.1, -0.05) is 43.7 Å². The van der Waals surface area contributed by atoms with Crippen molar-refractivity contribution in [2.75, 3.05) is 26.0 Å². The first-order valence-electron chi connectivity index (χ1n) is 10.1. The number of halogens is 3. The number of carboxylic acids is 1. The van der Waals surface area contributed by atoms with Gasteiger partial charge >= 0.3 is 12.1 Å². The van der Waals surface area contributed by atoms with E-state index in [9.17, 15) is 22.8 Å². The second-order valence-electron chi connectivity index (χ2n) is 7.39. The van der Waals surface area contributed by atoms with E-state index in [1.54, 1.807) is 29.2 Å². The molecular weight excluding hydrogens is 439 g/mol. The molecular formula is C23H28F3N3O4. The van der Waals surface area contributed by atoms with Crippen LogP contribution in [0, 0.1) is 0 Å². The Labute approximate surface area is 190 Å². The van der Waals surface area contributed by atoms with Crippen LogP contribution in [-0.4, -0.2) is 54.6 Å². The van der Waals surface area contributed by atoms with Crippen LogP contribution in [0.4, 0.5) is 18.9 Å². The van der Waals surface area contributed by atoms with Gasteiger partial charge in [0.2, 0.25) is 5.91 Å². The molecule has 0 aliphatic rings. The lowest BCUT2D eigenvalue weighted by Crippen LogP contribution is -2.28. The lowest BCUT2D eigenvalue weighted by Gasteiger charge is -2.19. The molecule has 2 amide bonds. The topological polar surface area (TPSA) is 98.7 Å². The molecule has 7 nitrogen and oxygen atoms in total. The van der Waals surface area contributed by atoms with Crippen molar-refractivity contribution in [3.8, 4) is 0 Å². The number of aliphatic carboxylic acids is 1. The molecule has 33 heavy (non-hydrogen) atoms. The van der Waals surface area contributed by atoms with Crippen LogP contribution < -0.4 is 10.6 Å². The van der Waals surface area contributed by atoms with E-state index in [4.69, 9.17) is 9.90 Å². The number of amides is 2. The van der Waals surface area contributed by atoms with Gasteiger partial charge in [0.15, 0.2) is 0 Å². The van der Waals surface area contributed by atoms with Gasteiger partial charge in [0.1, 0.15) is 0 Å². The fraction of sp³-hybridized carbons (Fsp3) is 0.348. The highest BCUT2D eigenvalue weighted by Gasteiger charge is 2.38. The van der Waals surface area contributed by atoms with E-state index < -0.39 is 12.1 Å². The number of nitrogens with zero attached hydrogens (tertiary/aromatic N) is 1. The maximum absolute atomic E-state index is 12.6. The van der Waals surface area contributed by atoms with Crippen molar-refractivity contribution in [2.45, 2.75) is 32.0 Å². The third-order valence-corrected chi connectivity index (χ3v) is 4.22. The normalized spacial score (nSPS) is 11.7. The average Bonchev–Trinajstić information content (AvgIpc) is 2.73. The Morgan fingerprint density at radius 1 is 1.00 bits per heavy atom. The van der Waals surface area contributed by atoms with Gasteiger partial charge in [-0.3, -0.25) is 9.59 Å². The average molecular weight is 467 g/mol. The number of carbonyl (C=O) groups excluding carboxylic acids is 2. The summed E-state index contributed by atoms with van der Waals surface area (Å²) in [5, 5.41) is 13.0. The number of hydrogen-bond donors (Lipinski definition) is 3. The Morgan fingerprint density at radius 3 is 2.00 bits per heavy atom. The van der Waals surface area contributed by atoms with E-state index in [0.29, 0.717) is 17.8 Å². The van der Waals surface area contributed by atoms with Gasteiger partial charge in [0.05, 0.1) is 12.6 Å². The molecule has 0 aromatic heterocycles. The summed E-state index contributed by atoms with van der Waals surface area (Å²) in [6.45, 7) is 2.42. The number of anilines is 1. The molecule has 0 spiro atoms. The fourth-order valence-corrected chi connectivity index (χ4v) is 2.73. The van der Waals surface area contributed by atoms with Crippen LogP contribution in [0.2, 0.25) is 0 Å². The smallest absolute Gasteiger partial charge is 0.475 e. The number of alkyl halides is 3. The lowest BCUT2D eigenvalue weighted by molar-refractivity contribution is -0.192. The molecule has 0 aliphatic carbocycles. The molecule has 2 aromatic carbocycles. The highest BCUT2D eigenvalue weighted by atomic mass is 19.4. The van der Waals surface area contributed by atoms with Crippen LogP contribution >= 0.6 is 0 Å². The number of benzene rings is 2. The first kappa shape index (κ1) is 27.6. The Morgan fingerprint density at radius 2 is 1.55 bits per heavy atom. The van der Waals surface area contributed by atoms with E-state index >= 15 is 0 Å². The summed E-state index contributed by atoms with van der Waals surface area (Å²) in [7, 11) is 3.68. The Kier molecular flexibility index (Phi) is 11.1. The summed E-state index contributed by atoms with van der Waals surface area (Å²) < 4.78 is 31.7. The molecule has 180 valence electrons. The first-order valence-corrected chi connectivity index (χ1v) is 10.1. The summed E-state index contributed by atoms with van der Waals surface area (Å²) in [5.74, 6) is -2.95. The zero-order valence-corrected chi connectivity index (χ0v) is 18.6. The van der Waals surface area contributed by atoms with Crippen molar-refractivity contribution in [3.05, 3.63) is 65.7 Å². The van der Waals surface area contributed by atoms with Crippen molar-refractivity contribution < 1.29 is 32.7 Å². The molecule has 0 fully saturated rings. The number of carbonyl (C=O) groups is 3. The molecule has 0 aliphatic heterocycles. The van der Waals surface area contributed by atoms with Crippen LogP contribution in [-0.2, 0) is 9.59 Å². The largest absolute Gasteiger partial charge is 0.490 e. The summed E-state index contributed by atoms with van der Waals surface area (Å²) in [5.41, 5.74) is 2.37. The SMILES string of the molecule is CCCC(NC(=O)c1ccc(NC(=O)CN(C)C)cc1)c1ccccc1.O=C(O)C(F)(F)F. The Bertz CT molecular complexity index is 901. The van der Waals surface area contributed by atoms with Gasteiger partial charge in [0, 0.05) is 11.3 Å². The van der Waals surface area contributed by atoms with Gasteiger partial charge in [-0.05, 0) is 50.3 Å². The molecule has 0 saturated heterocycles. The zero-order valence-electron chi connectivity index (χ0n) is 18.6. The molecule has 2 aromatic rings. The monoisotopic (exact) mass is 467 g/mol. The standard InChI is InChI=1S/C21H27N3O2.C2HF3O2/c1-4-8-19(16-9-6-5-7-10-16)23-21(26)17-11-13-18(14-12-17)22-20(25)15-24(2)3;3-2(4,5)1(6)7/h5-7,9-14,19H,4,8,15H2,1-3H3,(H,22,25)(H,23,26);(H,6,7). The van der Waals surface area contributed by atoms with E-state index in [-0.39, 0.29) is 17.9 Å². The van der Waals surface area contributed by atoms with Crippen molar-refractivity contribution in [2.24, 2.45) is 0 Å². The molecule has 2 rings (SSSR count). The Balaban J connectivity index is 0.000000675. The number of carboxylic acid groups (broad SMARTS) is 1. The molecule has 0 bridgehead atoms. The summed E-state index contributed by atoms with van der Waals surface area (Å²) in [6, 6.07) is 17.0. The first-order chi connectivity index (χ1) is 15.4. The highest BCUT2D eigenvalue weighted by molar-refractivity contribution is 5.96. The predicted octanol–water partition coefficient (Wildman–Crippen LogP) is 4.09. The molecule has 0 saturated carbocycles. The fourth-order valence-electron chi connectivity index (χ4n) is 2.73. The second-order valence-corrected chi connectivity index (χ2v) is 7.39. The number of likely N-dealkylation sites (N-methyl/N-ethyl adjacent to an activating group) is 1. The number of hydrogen-bond acceptors (Lipinski definition) is 4. The predicted molar refractivity (Wildman–Crippen MR) is 119 cm³/mol. The number of nitrogens with one attached hydrogen (secondary N) is 2. The minimum Gasteiger partial charge on any atom is -0.475 e. The summed E-state index contributed by atoms with van der Waals surface area (Å²) in [4.78, 5) is 35.1. The zero-order chi connectivity index (χ0) is 25.0. The lowest BCUT2D eigenvalue weighted by atomic mass is 10.0. The Hall–Kier alpha value is -3.40. The van der Waals surface area contributed by atoms with Gasteiger partial charge in [-0.15, -0.1) is 0 Å². The van der Waals surface area contributed by atoms with Gasteiger partial charge < -0.3 is 20.6 Å². The quantitative estimate of drug-likeness (QED) is 0.543. The second kappa shape index (κ2) is 13.2. The molecule has 0 radical (unpaired) electrons. The summed E-state index contributed by atoms with van der Waals surface area (Å²) in [6.07, 6.45) is -3.22.